The van der Waals surface area contributed by atoms with Gasteiger partial charge in [-0.1, -0.05) is 33.1 Å². The zero-order valence-corrected chi connectivity index (χ0v) is 13.0. The van der Waals surface area contributed by atoms with Crippen molar-refractivity contribution in [3.05, 3.63) is 0 Å². The van der Waals surface area contributed by atoms with Crippen molar-refractivity contribution in [2.24, 2.45) is 11.8 Å². The minimum Gasteiger partial charge on any atom is -0.298 e. The molecule has 3 aliphatic rings. The summed E-state index contributed by atoms with van der Waals surface area (Å²) in [6.07, 6.45) is 10.3. The van der Waals surface area contributed by atoms with Gasteiger partial charge >= 0.3 is 0 Å². The first-order valence-corrected chi connectivity index (χ1v) is 8.72. The molecular formula is C17H32N2. The predicted octanol–water partition coefficient (Wildman–Crippen LogP) is 3.37. The molecule has 3 fully saturated rings. The van der Waals surface area contributed by atoms with Gasteiger partial charge in [0.05, 0.1) is 0 Å². The second-order valence-corrected chi connectivity index (χ2v) is 7.56. The van der Waals surface area contributed by atoms with Crippen molar-refractivity contribution in [1.29, 1.82) is 0 Å². The second kappa shape index (κ2) is 6.13. The number of piperidine rings is 1. The molecule has 1 saturated carbocycles. The first kappa shape index (κ1) is 13.9. The summed E-state index contributed by atoms with van der Waals surface area (Å²) in [5.74, 6) is 1.82. The van der Waals surface area contributed by atoms with Gasteiger partial charge in [0.15, 0.2) is 0 Å². The molecule has 3 rings (SSSR count). The Hall–Kier alpha value is -0.0800. The average Bonchev–Trinajstić information content (AvgIpc) is 2.90. The molecular weight excluding hydrogens is 232 g/mol. The predicted molar refractivity (Wildman–Crippen MR) is 81.4 cm³/mol. The highest BCUT2D eigenvalue weighted by Crippen LogP contribution is 2.31. The molecule has 0 N–H and O–H groups in total. The summed E-state index contributed by atoms with van der Waals surface area (Å²) in [5.41, 5.74) is 0. The van der Waals surface area contributed by atoms with Crippen molar-refractivity contribution in [2.45, 2.75) is 70.9 Å². The molecule has 0 aromatic rings. The van der Waals surface area contributed by atoms with E-state index in [2.05, 4.69) is 23.6 Å². The molecule has 0 radical (unpaired) electrons. The molecule has 110 valence electrons. The molecule has 2 heterocycles. The van der Waals surface area contributed by atoms with E-state index in [0.29, 0.717) is 0 Å². The lowest BCUT2D eigenvalue weighted by atomic mass is 9.91. The number of hydrogen-bond acceptors (Lipinski definition) is 2. The lowest BCUT2D eigenvalue weighted by Crippen LogP contribution is -2.61. The Balaban J connectivity index is 1.64. The van der Waals surface area contributed by atoms with Gasteiger partial charge in [-0.05, 0) is 44.1 Å². The van der Waals surface area contributed by atoms with Crippen molar-refractivity contribution in [3.63, 3.8) is 0 Å². The standard InChI is InChI=1S/C17H32N2/c1-14(2)17-13-18-10-6-5-9-16(18)12-19(17)11-15-7-3-4-8-15/h14-17H,3-13H2,1-2H3. The lowest BCUT2D eigenvalue weighted by molar-refractivity contribution is -0.0142. The van der Waals surface area contributed by atoms with E-state index in [0.717, 1.165) is 23.9 Å². The highest BCUT2D eigenvalue weighted by molar-refractivity contribution is 4.92. The van der Waals surface area contributed by atoms with Crippen LogP contribution in [0.25, 0.3) is 0 Å². The van der Waals surface area contributed by atoms with Gasteiger partial charge in [0, 0.05) is 31.7 Å². The number of rotatable bonds is 3. The summed E-state index contributed by atoms with van der Waals surface area (Å²) in [7, 11) is 0. The summed E-state index contributed by atoms with van der Waals surface area (Å²) in [6.45, 7) is 10.3. The van der Waals surface area contributed by atoms with Crippen molar-refractivity contribution in [2.75, 3.05) is 26.2 Å². The Morgan fingerprint density at radius 3 is 2.42 bits per heavy atom. The van der Waals surface area contributed by atoms with E-state index in [1.54, 1.807) is 0 Å². The van der Waals surface area contributed by atoms with Crippen LogP contribution in [0.2, 0.25) is 0 Å². The normalized spacial score (nSPS) is 34.9. The van der Waals surface area contributed by atoms with Crippen molar-refractivity contribution in [1.82, 2.24) is 9.80 Å². The van der Waals surface area contributed by atoms with Gasteiger partial charge in [0.2, 0.25) is 0 Å². The summed E-state index contributed by atoms with van der Waals surface area (Å²) < 4.78 is 0. The fourth-order valence-electron chi connectivity index (χ4n) is 4.64. The van der Waals surface area contributed by atoms with E-state index >= 15 is 0 Å². The van der Waals surface area contributed by atoms with Gasteiger partial charge in [0.1, 0.15) is 0 Å². The third kappa shape index (κ3) is 3.16. The topological polar surface area (TPSA) is 6.48 Å². The Morgan fingerprint density at radius 1 is 0.947 bits per heavy atom. The quantitative estimate of drug-likeness (QED) is 0.771. The van der Waals surface area contributed by atoms with Gasteiger partial charge in [-0.15, -0.1) is 0 Å². The van der Waals surface area contributed by atoms with Crippen LogP contribution in [-0.2, 0) is 0 Å². The molecule has 1 aliphatic carbocycles. The largest absolute Gasteiger partial charge is 0.298 e. The van der Waals surface area contributed by atoms with Crippen LogP contribution in [0.15, 0.2) is 0 Å². The number of nitrogens with zero attached hydrogens (tertiary/aromatic N) is 2. The summed E-state index contributed by atoms with van der Waals surface area (Å²) in [4.78, 5) is 5.69. The zero-order chi connectivity index (χ0) is 13.2. The van der Waals surface area contributed by atoms with Crippen LogP contribution in [0, 0.1) is 11.8 Å². The van der Waals surface area contributed by atoms with Gasteiger partial charge in [-0.2, -0.15) is 0 Å². The van der Waals surface area contributed by atoms with Gasteiger partial charge in [-0.25, -0.2) is 0 Å². The molecule has 0 aromatic heterocycles. The van der Waals surface area contributed by atoms with Gasteiger partial charge in [-0.3, -0.25) is 9.80 Å². The molecule has 2 heteroatoms. The third-order valence-electron chi connectivity index (χ3n) is 5.82. The van der Waals surface area contributed by atoms with E-state index < -0.39 is 0 Å². The van der Waals surface area contributed by atoms with E-state index in [1.165, 1.54) is 71.1 Å². The smallest absolute Gasteiger partial charge is 0.0247 e. The molecule has 2 unspecified atom stereocenters. The zero-order valence-electron chi connectivity index (χ0n) is 13.0. The molecule has 0 spiro atoms. The van der Waals surface area contributed by atoms with Crippen LogP contribution in [0.3, 0.4) is 0 Å². The summed E-state index contributed by atoms with van der Waals surface area (Å²) in [5, 5.41) is 0. The number of piperazine rings is 1. The maximum Gasteiger partial charge on any atom is 0.0247 e. The van der Waals surface area contributed by atoms with Crippen LogP contribution in [0.1, 0.15) is 58.8 Å². The van der Waals surface area contributed by atoms with Crippen LogP contribution < -0.4 is 0 Å². The molecule has 2 nitrogen and oxygen atoms in total. The first-order chi connectivity index (χ1) is 9.24. The van der Waals surface area contributed by atoms with E-state index in [9.17, 15) is 0 Å². The van der Waals surface area contributed by atoms with Gasteiger partial charge < -0.3 is 0 Å². The molecule has 2 saturated heterocycles. The van der Waals surface area contributed by atoms with Crippen LogP contribution in [-0.4, -0.2) is 48.1 Å². The Morgan fingerprint density at radius 2 is 1.68 bits per heavy atom. The van der Waals surface area contributed by atoms with Crippen molar-refractivity contribution in [3.8, 4) is 0 Å². The lowest BCUT2D eigenvalue weighted by Gasteiger charge is -2.50. The molecule has 0 bridgehead atoms. The monoisotopic (exact) mass is 264 g/mol. The second-order valence-electron chi connectivity index (χ2n) is 7.56. The fraction of sp³-hybridized carbons (Fsp3) is 1.00. The minimum atomic E-state index is 0.810. The van der Waals surface area contributed by atoms with Crippen molar-refractivity contribution >= 4 is 0 Å². The van der Waals surface area contributed by atoms with Crippen LogP contribution >= 0.6 is 0 Å². The molecule has 19 heavy (non-hydrogen) atoms. The first-order valence-electron chi connectivity index (χ1n) is 8.72. The fourth-order valence-corrected chi connectivity index (χ4v) is 4.64. The van der Waals surface area contributed by atoms with Crippen LogP contribution in [0.5, 0.6) is 0 Å². The summed E-state index contributed by atoms with van der Waals surface area (Å²) >= 11 is 0. The van der Waals surface area contributed by atoms with Crippen LogP contribution in [0.4, 0.5) is 0 Å². The minimum absolute atomic E-state index is 0.810. The van der Waals surface area contributed by atoms with E-state index in [4.69, 9.17) is 0 Å². The number of fused-ring (bicyclic) bond motifs is 1. The van der Waals surface area contributed by atoms with Gasteiger partial charge in [0.25, 0.3) is 0 Å². The average molecular weight is 264 g/mol. The van der Waals surface area contributed by atoms with E-state index in [1.807, 2.05) is 0 Å². The maximum absolute atomic E-state index is 2.88. The third-order valence-corrected chi connectivity index (χ3v) is 5.82. The van der Waals surface area contributed by atoms with E-state index in [-0.39, 0.29) is 0 Å². The Kier molecular flexibility index (Phi) is 4.48. The Bertz CT molecular complexity index is 283. The highest BCUT2D eigenvalue weighted by Gasteiger charge is 2.37. The number of hydrogen-bond donors (Lipinski definition) is 0. The summed E-state index contributed by atoms with van der Waals surface area (Å²) in [6, 6.07) is 1.69. The molecule has 0 amide bonds. The molecule has 2 aliphatic heterocycles. The Labute approximate surface area is 119 Å². The molecule has 0 aromatic carbocycles. The van der Waals surface area contributed by atoms with Crippen molar-refractivity contribution < 1.29 is 0 Å². The highest BCUT2D eigenvalue weighted by atomic mass is 15.3. The maximum atomic E-state index is 2.88. The SMILES string of the molecule is CC(C)C1CN2CCCCC2CN1CC1CCCC1. The molecule has 2 atom stereocenters.